The summed E-state index contributed by atoms with van der Waals surface area (Å²) in [6.07, 6.45) is 7.09. The molecule has 2 aliphatic rings. The Kier molecular flexibility index (Phi) is 6.31. The maximum Gasteiger partial charge on any atom is 0.315 e. The summed E-state index contributed by atoms with van der Waals surface area (Å²) in [4.78, 5) is 26.1. The molecule has 3 rings (SSSR count). The molecular formula is C20H29N3O2. The second-order valence-electron chi connectivity index (χ2n) is 7.17. The Morgan fingerprint density at radius 3 is 2.72 bits per heavy atom. The van der Waals surface area contributed by atoms with Gasteiger partial charge < -0.3 is 15.5 Å². The molecule has 0 radical (unpaired) electrons. The molecule has 2 N–H and O–H groups in total. The van der Waals surface area contributed by atoms with E-state index in [-0.39, 0.29) is 18.0 Å². The molecule has 25 heavy (non-hydrogen) atoms. The number of likely N-dealkylation sites (tertiary alicyclic amines) is 1. The van der Waals surface area contributed by atoms with Crippen LogP contribution < -0.4 is 10.6 Å². The van der Waals surface area contributed by atoms with Gasteiger partial charge in [0.1, 0.15) is 0 Å². The van der Waals surface area contributed by atoms with E-state index in [9.17, 15) is 9.59 Å². The molecule has 1 saturated carbocycles. The number of hydrogen-bond acceptors (Lipinski definition) is 2. The van der Waals surface area contributed by atoms with Crippen LogP contribution in [0.3, 0.4) is 0 Å². The van der Waals surface area contributed by atoms with Crippen molar-refractivity contribution in [3.8, 4) is 0 Å². The number of benzene rings is 1. The molecule has 1 aromatic rings. The monoisotopic (exact) mass is 343 g/mol. The van der Waals surface area contributed by atoms with Crippen molar-refractivity contribution in [3.63, 3.8) is 0 Å². The van der Waals surface area contributed by atoms with Gasteiger partial charge in [0, 0.05) is 26.1 Å². The Bertz CT molecular complexity index is 572. The van der Waals surface area contributed by atoms with Gasteiger partial charge in [0.15, 0.2) is 0 Å². The first-order valence-corrected chi connectivity index (χ1v) is 9.61. The average molecular weight is 343 g/mol. The van der Waals surface area contributed by atoms with Crippen LogP contribution in [0.1, 0.15) is 56.6 Å². The fourth-order valence-corrected chi connectivity index (χ4v) is 3.50. The van der Waals surface area contributed by atoms with E-state index in [4.69, 9.17) is 0 Å². The van der Waals surface area contributed by atoms with Gasteiger partial charge >= 0.3 is 6.03 Å². The molecule has 1 atom stereocenters. The van der Waals surface area contributed by atoms with Crippen molar-refractivity contribution in [1.29, 1.82) is 0 Å². The lowest BCUT2D eigenvalue weighted by molar-refractivity contribution is -0.130. The van der Waals surface area contributed by atoms with E-state index in [0.29, 0.717) is 18.9 Å². The van der Waals surface area contributed by atoms with Crippen LogP contribution in [0.5, 0.6) is 0 Å². The third kappa shape index (κ3) is 5.48. The molecule has 1 aliphatic carbocycles. The first-order chi connectivity index (χ1) is 12.2. The van der Waals surface area contributed by atoms with Crippen LogP contribution in [-0.4, -0.2) is 36.5 Å². The Morgan fingerprint density at radius 2 is 1.96 bits per heavy atom. The van der Waals surface area contributed by atoms with Gasteiger partial charge in [-0.1, -0.05) is 36.8 Å². The number of nitrogens with zero attached hydrogens (tertiary/aromatic N) is 1. The second-order valence-corrected chi connectivity index (χ2v) is 7.17. The van der Waals surface area contributed by atoms with E-state index >= 15 is 0 Å². The maximum absolute atomic E-state index is 12.2. The minimum Gasteiger partial charge on any atom is -0.343 e. The summed E-state index contributed by atoms with van der Waals surface area (Å²) in [6, 6.07) is 10.2. The number of rotatable bonds is 7. The lowest BCUT2D eigenvalue weighted by Gasteiger charge is -2.21. The Labute approximate surface area is 150 Å². The predicted molar refractivity (Wildman–Crippen MR) is 98.1 cm³/mol. The van der Waals surface area contributed by atoms with Crippen LogP contribution in [0.4, 0.5) is 4.79 Å². The van der Waals surface area contributed by atoms with Crippen LogP contribution in [-0.2, 0) is 4.79 Å². The van der Waals surface area contributed by atoms with Crippen LogP contribution in [0, 0.1) is 5.92 Å². The van der Waals surface area contributed by atoms with Crippen LogP contribution >= 0.6 is 0 Å². The molecule has 1 aliphatic heterocycles. The standard InChI is InChI=1S/C20H29N3O2/c24-18-10-5-2-6-14-23(18)15-7-13-21-20(25)22-19(17-11-12-17)16-8-3-1-4-9-16/h1,3-4,8-9,17,19H,2,5-7,10-15H2,(H2,21,22,25). The van der Waals surface area contributed by atoms with Gasteiger partial charge in [-0.05, 0) is 43.6 Å². The van der Waals surface area contributed by atoms with Crippen LogP contribution in [0.15, 0.2) is 30.3 Å². The number of carbonyl (C=O) groups excluding carboxylic acids is 2. The molecule has 2 fully saturated rings. The molecule has 0 bridgehead atoms. The zero-order valence-electron chi connectivity index (χ0n) is 14.9. The van der Waals surface area contributed by atoms with Crippen molar-refractivity contribution < 1.29 is 9.59 Å². The molecule has 1 heterocycles. The molecule has 0 aromatic heterocycles. The lowest BCUT2D eigenvalue weighted by Crippen LogP contribution is -2.40. The molecule has 5 nitrogen and oxygen atoms in total. The highest BCUT2D eigenvalue weighted by molar-refractivity contribution is 5.76. The quantitative estimate of drug-likeness (QED) is 0.747. The first kappa shape index (κ1) is 17.8. The van der Waals surface area contributed by atoms with Crippen molar-refractivity contribution in [2.75, 3.05) is 19.6 Å². The topological polar surface area (TPSA) is 61.4 Å². The number of carbonyl (C=O) groups is 2. The highest BCUT2D eigenvalue weighted by Crippen LogP contribution is 2.40. The summed E-state index contributed by atoms with van der Waals surface area (Å²) in [5.41, 5.74) is 1.18. The molecule has 136 valence electrons. The first-order valence-electron chi connectivity index (χ1n) is 9.61. The average Bonchev–Trinajstić information content (AvgIpc) is 3.47. The van der Waals surface area contributed by atoms with Gasteiger partial charge in [0.25, 0.3) is 0 Å². The fraction of sp³-hybridized carbons (Fsp3) is 0.600. The van der Waals surface area contributed by atoms with E-state index in [2.05, 4.69) is 22.8 Å². The minimum absolute atomic E-state index is 0.105. The van der Waals surface area contributed by atoms with Crippen LogP contribution in [0.2, 0.25) is 0 Å². The summed E-state index contributed by atoms with van der Waals surface area (Å²) in [5, 5.41) is 6.07. The summed E-state index contributed by atoms with van der Waals surface area (Å²) in [6.45, 7) is 2.20. The van der Waals surface area contributed by atoms with E-state index in [1.54, 1.807) is 0 Å². The fourth-order valence-electron chi connectivity index (χ4n) is 3.50. The molecule has 0 spiro atoms. The Hall–Kier alpha value is -2.04. The molecule has 5 heteroatoms. The largest absolute Gasteiger partial charge is 0.343 e. The molecule has 1 aromatic carbocycles. The highest BCUT2D eigenvalue weighted by Gasteiger charge is 2.33. The van der Waals surface area contributed by atoms with Gasteiger partial charge in [0.05, 0.1) is 6.04 Å². The number of hydrogen-bond donors (Lipinski definition) is 2. The van der Waals surface area contributed by atoms with Crippen molar-refractivity contribution in [3.05, 3.63) is 35.9 Å². The van der Waals surface area contributed by atoms with Crippen molar-refractivity contribution in [1.82, 2.24) is 15.5 Å². The predicted octanol–water partition coefficient (Wildman–Crippen LogP) is 3.23. The normalized spacial score (nSPS) is 19.2. The molecule has 3 amide bonds. The van der Waals surface area contributed by atoms with Gasteiger partial charge in [-0.15, -0.1) is 0 Å². The third-order valence-electron chi connectivity index (χ3n) is 5.10. The van der Waals surface area contributed by atoms with Crippen molar-refractivity contribution in [2.24, 2.45) is 5.92 Å². The maximum atomic E-state index is 12.2. The molecule has 1 unspecified atom stereocenters. The van der Waals surface area contributed by atoms with Crippen molar-refractivity contribution >= 4 is 11.9 Å². The second kappa shape index (κ2) is 8.88. The number of urea groups is 1. The Balaban J connectivity index is 1.39. The van der Waals surface area contributed by atoms with E-state index < -0.39 is 0 Å². The zero-order chi connectivity index (χ0) is 17.5. The lowest BCUT2D eigenvalue weighted by atomic mass is 10.0. The highest BCUT2D eigenvalue weighted by atomic mass is 16.2. The third-order valence-corrected chi connectivity index (χ3v) is 5.10. The summed E-state index contributed by atoms with van der Waals surface area (Å²) >= 11 is 0. The van der Waals surface area contributed by atoms with E-state index in [1.807, 2.05) is 23.1 Å². The summed E-state index contributed by atoms with van der Waals surface area (Å²) in [7, 11) is 0. The number of amides is 3. The SMILES string of the molecule is O=C(NCCCN1CCCCCC1=O)NC(c1ccccc1)C1CC1. The zero-order valence-corrected chi connectivity index (χ0v) is 14.9. The van der Waals surface area contributed by atoms with Gasteiger partial charge in [-0.25, -0.2) is 4.79 Å². The van der Waals surface area contributed by atoms with E-state index in [1.165, 1.54) is 18.4 Å². The Morgan fingerprint density at radius 1 is 1.16 bits per heavy atom. The number of nitrogens with one attached hydrogen (secondary N) is 2. The molecular weight excluding hydrogens is 314 g/mol. The van der Waals surface area contributed by atoms with Gasteiger partial charge in [-0.2, -0.15) is 0 Å². The summed E-state index contributed by atoms with van der Waals surface area (Å²) in [5.74, 6) is 0.822. The van der Waals surface area contributed by atoms with E-state index in [0.717, 1.165) is 38.8 Å². The van der Waals surface area contributed by atoms with Gasteiger partial charge in [-0.3, -0.25) is 4.79 Å². The summed E-state index contributed by atoms with van der Waals surface area (Å²) < 4.78 is 0. The minimum atomic E-state index is -0.108. The van der Waals surface area contributed by atoms with Crippen molar-refractivity contribution in [2.45, 2.75) is 51.0 Å². The molecule has 1 saturated heterocycles. The van der Waals surface area contributed by atoms with Crippen LogP contribution in [0.25, 0.3) is 0 Å². The van der Waals surface area contributed by atoms with Gasteiger partial charge in [0.2, 0.25) is 5.91 Å². The smallest absolute Gasteiger partial charge is 0.315 e.